The van der Waals surface area contributed by atoms with Crippen molar-refractivity contribution in [3.05, 3.63) is 29.8 Å². The van der Waals surface area contributed by atoms with Crippen LogP contribution < -0.4 is 15.4 Å². The molecule has 1 aromatic rings. The Labute approximate surface area is 170 Å². The smallest absolute Gasteiger partial charge is 0.191 e. The maximum Gasteiger partial charge on any atom is 0.191 e. The van der Waals surface area contributed by atoms with Gasteiger partial charge in [-0.25, -0.2) is 0 Å². The molecule has 0 radical (unpaired) electrons. The Morgan fingerprint density at radius 3 is 2.46 bits per heavy atom. The highest BCUT2D eigenvalue weighted by molar-refractivity contribution is 5.79. The molecule has 0 bridgehead atoms. The first-order valence-corrected chi connectivity index (χ1v) is 10.6. The summed E-state index contributed by atoms with van der Waals surface area (Å²) in [5.74, 6) is 1.78. The second kappa shape index (κ2) is 12.6. The fourth-order valence-electron chi connectivity index (χ4n) is 3.55. The molecule has 28 heavy (non-hydrogen) atoms. The molecule has 0 atom stereocenters. The number of unbranched alkanes of at least 4 members (excludes halogenated alkanes) is 1. The molecule has 1 aromatic carbocycles. The molecule has 2 rings (SSSR count). The monoisotopic (exact) mass is 391 g/mol. The normalized spacial score (nSPS) is 16.6. The molecule has 1 fully saturated rings. The average Bonchev–Trinajstić information content (AvgIpc) is 2.74. The third-order valence-electron chi connectivity index (χ3n) is 5.26. The van der Waals surface area contributed by atoms with Crippen LogP contribution in [0, 0.1) is 0 Å². The van der Waals surface area contributed by atoms with Gasteiger partial charge in [0.2, 0.25) is 0 Å². The number of guanidine groups is 1. The van der Waals surface area contributed by atoms with E-state index in [4.69, 9.17) is 14.2 Å². The largest absolute Gasteiger partial charge is 0.494 e. The summed E-state index contributed by atoms with van der Waals surface area (Å²) in [6, 6.07) is 8.53. The summed E-state index contributed by atoms with van der Waals surface area (Å²) in [5, 5.41) is 6.95. The van der Waals surface area contributed by atoms with Crippen LogP contribution in [0.3, 0.4) is 0 Å². The van der Waals surface area contributed by atoms with Crippen molar-refractivity contribution in [3.8, 4) is 5.75 Å². The van der Waals surface area contributed by atoms with Crippen LogP contribution in [0.15, 0.2) is 29.3 Å². The Balaban J connectivity index is 1.91. The average molecular weight is 392 g/mol. The van der Waals surface area contributed by atoms with Gasteiger partial charge in [0, 0.05) is 52.0 Å². The van der Waals surface area contributed by atoms with Crippen LogP contribution in [-0.2, 0) is 14.9 Å². The van der Waals surface area contributed by atoms with E-state index in [-0.39, 0.29) is 5.41 Å². The molecular weight excluding hydrogens is 354 g/mol. The number of rotatable bonds is 11. The summed E-state index contributed by atoms with van der Waals surface area (Å²) in [6.07, 6.45) is 4.13. The van der Waals surface area contributed by atoms with Gasteiger partial charge < -0.3 is 24.8 Å². The SMILES string of the molecule is CCOCCCCNC(=NC)NCC1(c2ccc(OCC)cc2)CCOCC1. The second-order valence-electron chi connectivity index (χ2n) is 7.11. The summed E-state index contributed by atoms with van der Waals surface area (Å²) in [6.45, 7) is 9.64. The van der Waals surface area contributed by atoms with Crippen molar-refractivity contribution in [2.24, 2.45) is 4.99 Å². The molecule has 1 aliphatic rings. The van der Waals surface area contributed by atoms with Gasteiger partial charge in [0.15, 0.2) is 5.96 Å². The highest BCUT2D eigenvalue weighted by Gasteiger charge is 2.34. The van der Waals surface area contributed by atoms with E-state index >= 15 is 0 Å². The van der Waals surface area contributed by atoms with Gasteiger partial charge >= 0.3 is 0 Å². The molecule has 6 heteroatoms. The van der Waals surface area contributed by atoms with Gasteiger partial charge in [0.1, 0.15) is 5.75 Å². The van der Waals surface area contributed by atoms with Gasteiger partial charge in [-0.1, -0.05) is 12.1 Å². The molecule has 0 aromatic heterocycles. The van der Waals surface area contributed by atoms with Crippen LogP contribution in [-0.4, -0.2) is 59.1 Å². The van der Waals surface area contributed by atoms with Crippen molar-refractivity contribution in [2.75, 3.05) is 53.2 Å². The highest BCUT2D eigenvalue weighted by Crippen LogP contribution is 2.35. The lowest BCUT2D eigenvalue weighted by atomic mass is 9.74. The van der Waals surface area contributed by atoms with Crippen molar-refractivity contribution in [1.29, 1.82) is 0 Å². The predicted molar refractivity (Wildman–Crippen MR) is 114 cm³/mol. The number of aliphatic imine (C=N–C) groups is 1. The van der Waals surface area contributed by atoms with Crippen LogP contribution in [0.25, 0.3) is 0 Å². The molecule has 0 aliphatic carbocycles. The van der Waals surface area contributed by atoms with E-state index < -0.39 is 0 Å². The van der Waals surface area contributed by atoms with Crippen LogP contribution in [0.2, 0.25) is 0 Å². The van der Waals surface area contributed by atoms with Crippen molar-refractivity contribution in [3.63, 3.8) is 0 Å². The van der Waals surface area contributed by atoms with E-state index in [1.807, 2.05) is 20.9 Å². The summed E-state index contributed by atoms with van der Waals surface area (Å²) in [4.78, 5) is 4.38. The lowest BCUT2D eigenvalue weighted by molar-refractivity contribution is 0.0513. The maximum atomic E-state index is 5.64. The fraction of sp³-hybridized carbons (Fsp3) is 0.682. The third-order valence-corrected chi connectivity index (χ3v) is 5.26. The summed E-state index contributed by atoms with van der Waals surface area (Å²) < 4.78 is 16.6. The Morgan fingerprint density at radius 2 is 1.82 bits per heavy atom. The molecule has 1 heterocycles. The zero-order valence-corrected chi connectivity index (χ0v) is 17.8. The van der Waals surface area contributed by atoms with Crippen LogP contribution in [0.1, 0.15) is 45.1 Å². The van der Waals surface area contributed by atoms with E-state index in [2.05, 4.69) is 39.9 Å². The molecule has 158 valence electrons. The maximum absolute atomic E-state index is 5.64. The molecule has 6 nitrogen and oxygen atoms in total. The summed E-state index contributed by atoms with van der Waals surface area (Å²) in [5.41, 5.74) is 1.38. The fourth-order valence-corrected chi connectivity index (χ4v) is 3.55. The summed E-state index contributed by atoms with van der Waals surface area (Å²) >= 11 is 0. The number of hydrogen-bond acceptors (Lipinski definition) is 4. The molecule has 0 saturated carbocycles. The zero-order chi connectivity index (χ0) is 20.1. The number of benzene rings is 1. The minimum absolute atomic E-state index is 0.0512. The van der Waals surface area contributed by atoms with Gasteiger partial charge in [-0.15, -0.1) is 0 Å². The quantitative estimate of drug-likeness (QED) is 0.345. The molecule has 1 saturated heterocycles. The molecule has 0 amide bonds. The van der Waals surface area contributed by atoms with Gasteiger partial charge in [0.05, 0.1) is 6.61 Å². The Hall–Kier alpha value is -1.79. The van der Waals surface area contributed by atoms with Crippen molar-refractivity contribution in [2.45, 2.75) is 44.9 Å². The van der Waals surface area contributed by atoms with E-state index in [1.54, 1.807) is 0 Å². The van der Waals surface area contributed by atoms with Crippen molar-refractivity contribution in [1.82, 2.24) is 10.6 Å². The topological polar surface area (TPSA) is 64.1 Å². The number of nitrogens with zero attached hydrogens (tertiary/aromatic N) is 1. The molecule has 0 unspecified atom stereocenters. The number of nitrogens with one attached hydrogen (secondary N) is 2. The second-order valence-corrected chi connectivity index (χ2v) is 7.11. The van der Waals surface area contributed by atoms with Gasteiger partial charge in [-0.3, -0.25) is 4.99 Å². The molecule has 0 spiro atoms. The van der Waals surface area contributed by atoms with E-state index in [0.717, 1.165) is 76.9 Å². The minimum Gasteiger partial charge on any atom is -0.494 e. The van der Waals surface area contributed by atoms with E-state index in [9.17, 15) is 0 Å². The number of hydrogen-bond donors (Lipinski definition) is 2. The summed E-state index contributed by atoms with van der Waals surface area (Å²) in [7, 11) is 1.82. The van der Waals surface area contributed by atoms with E-state index in [0.29, 0.717) is 6.61 Å². The first kappa shape index (κ1) is 22.5. The van der Waals surface area contributed by atoms with E-state index in [1.165, 1.54) is 5.56 Å². The third kappa shape index (κ3) is 6.99. The lowest BCUT2D eigenvalue weighted by Crippen LogP contribution is -2.48. The molecule has 2 N–H and O–H groups in total. The zero-order valence-electron chi connectivity index (χ0n) is 17.8. The molecule has 1 aliphatic heterocycles. The predicted octanol–water partition coefficient (Wildman–Crippen LogP) is 3.12. The van der Waals surface area contributed by atoms with Crippen molar-refractivity contribution >= 4 is 5.96 Å². The highest BCUT2D eigenvalue weighted by atomic mass is 16.5. The van der Waals surface area contributed by atoms with Gasteiger partial charge in [-0.2, -0.15) is 0 Å². The van der Waals surface area contributed by atoms with Crippen molar-refractivity contribution < 1.29 is 14.2 Å². The molecular formula is C22H37N3O3. The van der Waals surface area contributed by atoms with Gasteiger partial charge in [0.25, 0.3) is 0 Å². The lowest BCUT2D eigenvalue weighted by Gasteiger charge is -2.38. The van der Waals surface area contributed by atoms with Crippen LogP contribution >= 0.6 is 0 Å². The Kier molecular flexibility index (Phi) is 10.1. The van der Waals surface area contributed by atoms with Crippen LogP contribution in [0.4, 0.5) is 0 Å². The first-order chi connectivity index (χ1) is 13.7. The Morgan fingerprint density at radius 1 is 1.07 bits per heavy atom. The number of ether oxygens (including phenoxy) is 3. The minimum atomic E-state index is 0.0512. The Bertz CT molecular complexity index is 569. The first-order valence-electron chi connectivity index (χ1n) is 10.6. The van der Waals surface area contributed by atoms with Gasteiger partial charge in [-0.05, 0) is 57.2 Å². The standard InChI is InChI=1S/C22H37N3O3/c1-4-26-15-7-6-14-24-21(23-3)25-18-22(12-16-27-17-13-22)19-8-10-20(11-9-19)28-5-2/h8-11H,4-7,12-18H2,1-3H3,(H2,23,24,25). The van der Waals surface area contributed by atoms with Crippen LogP contribution in [0.5, 0.6) is 5.75 Å².